The van der Waals surface area contributed by atoms with Crippen LogP contribution >= 0.6 is 24.0 Å². The van der Waals surface area contributed by atoms with Crippen LogP contribution in [0.1, 0.15) is 0 Å². The molecule has 0 amide bonds. The Morgan fingerprint density at radius 3 is 1.83 bits per heavy atom. The molecule has 3 heteroatoms. The minimum Gasteiger partial charge on any atom is -0.314 e. The second-order valence-electron chi connectivity index (χ2n) is 1.26. The van der Waals surface area contributed by atoms with Gasteiger partial charge < -0.3 is 5.32 Å². The minimum atomic E-state index is 0. The molecule has 0 aromatic heterocycles. The van der Waals surface area contributed by atoms with E-state index in [0.29, 0.717) is 5.38 Å². The predicted molar refractivity (Wildman–Crippen MR) is 29.8 cm³/mol. The maximum Gasteiger partial charge on any atom is 0.0585 e. The number of halogens is 2. The van der Waals surface area contributed by atoms with Crippen LogP contribution in [-0.4, -0.2) is 18.5 Å². The number of alkyl halides is 1. The standard InChI is InChI=1S/C3H6ClN.ClH/c4-3-1-5-2-3;/h3,5H,1-2H2;1H. The molecular formula is C3H7Cl2N. The average molecular weight is 128 g/mol. The van der Waals surface area contributed by atoms with Gasteiger partial charge in [-0.15, -0.1) is 24.0 Å². The van der Waals surface area contributed by atoms with E-state index in [9.17, 15) is 0 Å². The molecule has 0 radical (unpaired) electrons. The third-order valence-corrected chi connectivity index (χ3v) is 1.04. The van der Waals surface area contributed by atoms with E-state index in [-0.39, 0.29) is 12.4 Å². The largest absolute Gasteiger partial charge is 0.314 e. The van der Waals surface area contributed by atoms with Crippen LogP contribution in [-0.2, 0) is 0 Å². The highest BCUT2D eigenvalue weighted by Gasteiger charge is 2.10. The molecule has 1 saturated heterocycles. The molecule has 0 atom stereocenters. The molecule has 0 saturated carbocycles. The lowest BCUT2D eigenvalue weighted by Crippen LogP contribution is -2.42. The molecule has 0 unspecified atom stereocenters. The summed E-state index contributed by atoms with van der Waals surface area (Å²) < 4.78 is 0. The Bertz CT molecular complexity index is 35.8. The first-order valence-corrected chi connectivity index (χ1v) is 2.18. The molecule has 0 aliphatic carbocycles. The average Bonchev–Trinajstić information content (AvgIpc) is 1.30. The fraction of sp³-hybridized carbons (Fsp3) is 1.00. The lowest BCUT2D eigenvalue weighted by Gasteiger charge is -2.19. The molecular weight excluding hydrogens is 121 g/mol. The van der Waals surface area contributed by atoms with E-state index in [1.54, 1.807) is 0 Å². The van der Waals surface area contributed by atoms with Crippen molar-refractivity contribution < 1.29 is 0 Å². The van der Waals surface area contributed by atoms with Crippen LogP contribution in [0.3, 0.4) is 0 Å². The molecule has 0 aromatic rings. The van der Waals surface area contributed by atoms with Crippen molar-refractivity contribution in [1.29, 1.82) is 0 Å². The SMILES string of the molecule is Cl.ClC1CNC1. The van der Waals surface area contributed by atoms with Gasteiger partial charge >= 0.3 is 0 Å². The monoisotopic (exact) mass is 127 g/mol. The van der Waals surface area contributed by atoms with Gasteiger partial charge in [0.15, 0.2) is 0 Å². The summed E-state index contributed by atoms with van der Waals surface area (Å²) in [4.78, 5) is 0. The summed E-state index contributed by atoms with van der Waals surface area (Å²) in [5.74, 6) is 0. The van der Waals surface area contributed by atoms with Gasteiger partial charge in [-0.1, -0.05) is 0 Å². The molecule has 1 rings (SSSR count). The number of rotatable bonds is 0. The minimum absolute atomic E-state index is 0. The number of hydrogen-bond donors (Lipinski definition) is 1. The van der Waals surface area contributed by atoms with E-state index >= 15 is 0 Å². The second-order valence-corrected chi connectivity index (χ2v) is 1.87. The molecule has 0 spiro atoms. The van der Waals surface area contributed by atoms with E-state index in [1.807, 2.05) is 0 Å². The van der Waals surface area contributed by atoms with Crippen LogP contribution in [0.25, 0.3) is 0 Å². The van der Waals surface area contributed by atoms with E-state index in [4.69, 9.17) is 11.6 Å². The van der Waals surface area contributed by atoms with Crippen LogP contribution < -0.4 is 5.32 Å². The zero-order valence-corrected chi connectivity index (χ0v) is 4.85. The highest BCUT2D eigenvalue weighted by Crippen LogP contribution is 1.97. The van der Waals surface area contributed by atoms with Gasteiger partial charge in [-0.05, 0) is 0 Å². The summed E-state index contributed by atoms with van der Waals surface area (Å²) in [7, 11) is 0. The first-order chi connectivity index (χ1) is 2.39. The molecule has 0 aromatic carbocycles. The number of hydrogen-bond acceptors (Lipinski definition) is 1. The van der Waals surface area contributed by atoms with Crippen molar-refractivity contribution in [2.24, 2.45) is 0 Å². The fourth-order valence-corrected chi connectivity index (χ4v) is 0.472. The third kappa shape index (κ3) is 1.33. The normalized spacial score (nSPS) is 21.5. The van der Waals surface area contributed by atoms with Gasteiger partial charge in [-0.3, -0.25) is 0 Å². The van der Waals surface area contributed by atoms with E-state index in [1.165, 1.54) is 0 Å². The van der Waals surface area contributed by atoms with E-state index in [0.717, 1.165) is 13.1 Å². The van der Waals surface area contributed by atoms with Crippen LogP contribution in [0.4, 0.5) is 0 Å². The Morgan fingerprint density at radius 2 is 1.83 bits per heavy atom. The van der Waals surface area contributed by atoms with Crippen molar-refractivity contribution in [3.8, 4) is 0 Å². The van der Waals surface area contributed by atoms with Crippen molar-refractivity contribution in [2.45, 2.75) is 5.38 Å². The first-order valence-electron chi connectivity index (χ1n) is 1.74. The lowest BCUT2D eigenvalue weighted by atomic mass is 10.3. The van der Waals surface area contributed by atoms with Gasteiger partial charge in [0.1, 0.15) is 0 Å². The van der Waals surface area contributed by atoms with Crippen molar-refractivity contribution >= 4 is 24.0 Å². The Hall–Kier alpha value is 0.540. The van der Waals surface area contributed by atoms with Crippen molar-refractivity contribution in [1.82, 2.24) is 5.32 Å². The fourth-order valence-electron chi connectivity index (χ4n) is 0.253. The molecule has 6 heavy (non-hydrogen) atoms. The molecule has 1 aliphatic heterocycles. The lowest BCUT2D eigenvalue weighted by molar-refractivity contribution is 0.536. The zero-order chi connectivity index (χ0) is 3.70. The second kappa shape index (κ2) is 2.67. The van der Waals surface area contributed by atoms with E-state index < -0.39 is 0 Å². The van der Waals surface area contributed by atoms with Crippen LogP contribution in [0.2, 0.25) is 0 Å². The van der Waals surface area contributed by atoms with Crippen LogP contribution in [0, 0.1) is 0 Å². The van der Waals surface area contributed by atoms with Gasteiger partial charge in [-0.25, -0.2) is 0 Å². The van der Waals surface area contributed by atoms with Gasteiger partial charge in [0.05, 0.1) is 5.38 Å². The quantitative estimate of drug-likeness (QED) is 0.471. The molecule has 38 valence electrons. The smallest absolute Gasteiger partial charge is 0.0585 e. The van der Waals surface area contributed by atoms with E-state index in [2.05, 4.69) is 5.32 Å². The first kappa shape index (κ1) is 6.54. The maximum atomic E-state index is 5.49. The Balaban J connectivity index is 0.000000250. The zero-order valence-electron chi connectivity index (χ0n) is 3.28. The molecule has 1 aliphatic rings. The van der Waals surface area contributed by atoms with Crippen molar-refractivity contribution in [3.63, 3.8) is 0 Å². The van der Waals surface area contributed by atoms with Crippen LogP contribution in [0.5, 0.6) is 0 Å². The highest BCUT2D eigenvalue weighted by atomic mass is 35.5. The van der Waals surface area contributed by atoms with Gasteiger partial charge in [0.2, 0.25) is 0 Å². The summed E-state index contributed by atoms with van der Waals surface area (Å²) in [6.07, 6.45) is 0. The Labute approximate surface area is 48.5 Å². The summed E-state index contributed by atoms with van der Waals surface area (Å²) in [6, 6.07) is 0. The van der Waals surface area contributed by atoms with Gasteiger partial charge in [0, 0.05) is 13.1 Å². The molecule has 1 N–H and O–H groups in total. The van der Waals surface area contributed by atoms with Gasteiger partial charge in [-0.2, -0.15) is 0 Å². The number of nitrogens with one attached hydrogen (secondary N) is 1. The maximum absolute atomic E-state index is 5.49. The summed E-state index contributed by atoms with van der Waals surface area (Å²) in [6.45, 7) is 2.00. The topological polar surface area (TPSA) is 12.0 Å². The van der Waals surface area contributed by atoms with Gasteiger partial charge in [0.25, 0.3) is 0 Å². The molecule has 1 fully saturated rings. The van der Waals surface area contributed by atoms with Crippen molar-refractivity contribution in [2.75, 3.05) is 13.1 Å². The molecule has 1 heterocycles. The summed E-state index contributed by atoms with van der Waals surface area (Å²) >= 11 is 5.49. The highest BCUT2D eigenvalue weighted by molar-refractivity contribution is 6.21. The third-order valence-electron chi connectivity index (χ3n) is 0.732. The molecule has 1 nitrogen and oxygen atoms in total. The Kier molecular flexibility index (Phi) is 2.91. The van der Waals surface area contributed by atoms with Crippen LogP contribution in [0.15, 0.2) is 0 Å². The molecule has 0 bridgehead atoms. The summed E-state index contributed by atoms with van der Waals surface area (Å²) in [5.41, 5.74) is 0. The Morgan fingerprint density at radius 1 is 1.50 bits per heavy atom. The predicted octanol–water partition coefficient (Wildman–Crippen LogP) is 0.619. The van der Waals surface area contributed by atoms with Crippen molar-refractivity contribution in [3.05, 3.63) is 0 Å². The summed E-state index contributed by atoms with van der Waals surface area (Å²) in [5, 5.41) is 3.45.